The van der Waals surface area contributed by atoms with Gasteiger partial charge in [0.2, 0.25) is 5.95 Å². The first-order valence-corrected chi connectivity index (χ1v) is 9.39. The second-order valence-electron chi connectivity index (χ2n) is 6.68. The second kappa shape index (κ2) is 8.94. The van der Waals surface area contributed by atoms with Crippen LogP contribution in [0.5, 0.6) is 0 Å². The average molecular weight is 385 g/mol. The number of nitrogens with zero attached hydrogens (tertiary/aromatic N) is 5. The zero-order valence-electron chi connectivity index (χ0n) is 16.7. The Morgan fingerprint density at radius 2 is 2.14 bits per heavy atom. The molecule has 0 saturated carbocycles. The number of fused-ring (bicyclic) bond motifs is 1. The van der Waals surface area contributed by atoms with Crippen molar-refractivity contribution in [1.29, 1.82) is 0 Å². The van der Waals surface area contributed by atoms with Crippen molar-refractivity contribution in [3.8, 4) is 0 Å². The van der Waals surface area contributed by atoms with E-state index in [4.69, 9.17) is 9.84 Å². The molecule has 3 rings (SSSR count). The maximum atomic E-state index is 9.37. The fourth-order valence-corrected chi connectivity index (χ4v) is 2.86. The van der Waals surface area contributed by atoms with Gasteiger partial charge in [-0.2, -0.15) is 10.1 Å². The van der Waals surface area contributed by atoms with Gasteiger partial charge in [-0.25, -0.2) is 9.97 Å². The number of ether oxygens (including phenoxy) is 1. The first-order chi connectivity index (χ1) is 13.5. The third-order valence-corrected chi connectivity index (χ3v) is 4.31. The Labute approximate surface area is 164 Å². The number of aliphatic hydroxyl groups excluding tert-OH is 1. The van der Waals surface area contributed by atoms with Crippen molar-refractivity contribution in [3.05, 3.63) is 29.6 Å². The van der Waals surface area contributed by atoms with Crippen LogP contribution in [-0.4, -0.2) is 56.2 Å². The minimum Gasteiger partial charge on any atom is -0.394 e. The summed E-state index contributed by atoms with van der Waals surface area (Å²) in [7, 11) is 1.66. The van der Waals surface area contributed by atoms with E-state index >= 15 is 0 Å². The van der Waals surface area contributed by atoms with Crippen molar-refractivity contribution >= 4 is 28.6 Å². The highest BCUT2D eigenvalue weighted by molar-refractivity contribution is 5.90. The van der Waals surface area contributed by atoms with E-state index in [1.54, 1.807) is 13.3 Å². The monoisotopic (exact) mass is 385 g/mol. The van der Waals surface area contributed by atoms with Gasteiger partial charge in [-0.05, 0) is 38.0 Å². The Hall–Kier alpha value is -2.78. The zero-order valence-corrected chi connectivity index (χ0v) is 16.7. The summed E-state index contributed by atoms with van der Waals surface area (Å²) in [6.45, 7) is 7.03. The standard InChI is InChI=1S/C19H27N7O2/c1-5-14-16-17(26(25-14)8-9-28-4)18(22-15-10-12(2)6-7-20-15)24-19(23-16)21-13(3)11-27/h6-7,10,13,27H,5,8-9,11H2,1-4H3,(H2,20,21,22,23,24)/t13-/m0/s1. The maximum Gasteiger partial charge on any atom is 0.225 e. The van der Waals surface area contributed by atoms with Crippen molar-refractivity contribution in [3.63, 3.8) is 0 Å². The number of rotatable bonds is 9. The first-order valence-electron chi connectivity index (χ1n) is 9.39. The molecule has 9 heteroatoms. The first kappa shape index (κ1) is 20.0. The molecule has 0 aromatic carbocycles. The maximum absolute atomic E-state index is 9.37. The molecule has 0 aliphatic carbocycles. The lowest BCUT2D eigenvalue weighted by molar-refractivity contribution is 0.184. The van der Waals surface area contributed by atoms with E-state index in [0.717, 1.165) is 28.7 Å². The lowest BCUT2D eigenvalue weighted by Crippen LogP contribution is -2.21. The van der Waals surface area contributed by atoms with Gasteiger partial charge in [-0.15, -0.1) is 0 Å². The van der Waals surface area contributed by atoms with Crippen LogP contribution in [0.15, 0.2) is 18.3 Å². The van der Waals surface area contributed by atoms with Crippen LogP contribution in [0.3, 0.4) is 0 Å². The summed E-state index contributed by atoms with van der Waals surface area (Å²) in [4.78, 5) is 13.7. The van der Waals surface area contributed by atoms with Crippen molar-refractivity contribution in [2.75, 3.05) is 31.0 Å². The summed E-state index contributed by atoms with van der Waals surface area (Å²) in [5.41, 5.74) is 3.56. The molecule has 0 spiro atoms. The summed E-state index contributed by atoms with van der Waals surface area (Å²) in [5, 5.41) is 20.5. The van der Waals surface area contributed by atoms with Crippen LogP contribution in [0.4, 0.5) is 17.6 Å². The summed E-state index contributed by atoms with van der Waals surface area (Å²) < 4.78 is 7.10. The van der Waals surface area contributed by atoms with Gasteiger partial charge in [0.15, 0.2) is 5.82 Å². The van der Waals surface area contributed by atoms with Gasteiger partial charge < -0.3 is 20.5 Å². The molecular formula is C19H27N7O2. The fourth-order valence-electron chi connectivity index (χ4n) is 2.86. The molecule has 0 radical (unpaired) electrons. The van der Waals surface area contributed by atoms with Crippen LogP contribution in [0.25, 0.3) is 11.0 Å². The van der Waals surface area contributed by atoms with Crippen molar-refractivity contribution < 1.29 is 9.84 Å². The zero-order chi connectivity index (χ0) is 20.1. The molecule has 3 heterocycles. The molecule has 0 aliphatic heterocycles. The molecule has 0 fully saturated rings. The smallest absolute Gasteiger partial charge is 0.225 e. The highest BCUT2D eigenvalue weighted by atomic mass is 16.5. The van der Waals surface area contributed by atoms with Crippen LogP contribution in [0, 0.1) is 6.92 Å². The van der Waals surface area contributed by atoms with Gasteiger partial charge >= 0.3 is 0 Å². The molecule has 0 bridgehead atoms. The number of aliphatic hydroxyl groups is 1. The van der Waals surface area contributed by atoms with Crippen LogP contribution < -0.4 is 10.6 Å². The Kier molecular flexibility index (Phi) is 6.37. The average Bonchev–Trinajstić information content (AvgIpc) is 3.04. The number of nitrogens with one attached hydrogen (secondary N) is 2. The molecule has 1 atom stereocenters. The van der Waals surface area contributed by atoms with Crippen LogP contribution in [0.2, 0.25) is 0 Å². The van der Waals surface area contributed by atoms with E-state index in [2.05, 4.69) is 25.6 Å². The van der Waals surface area contributed by atoms with Gasteiger partial charge in [-0.1, -0.05) is 6.92 Å². The van der Waals surface area contributed by atoms with E-state index in [1.165, 1.54) is 0 Å². The van der Waals surface area contributed by atoms with Gasteiger partial charge in [0.1, 0.15) is 16.9 Å². The highest BCUT2D eigenvalue weighted by Crippen LogP contribution is 2.28. The third-order valence-electron chi connectivity index (χ3n) is 4.31. The van der Waals surface area contributed by atoms with E-state index in [1.807, 2.05) is 37.6 Å². The number of methoxy groups -OCH3 is 1. The van der Waals surface area contributed by atoms with Crippen LogP contribution >= 0.6 is 0 Å². The van der Waals surface area contributed by atoms with Crippen LogP contribution in [-0.2, 0) is 17.7 Å². The van der Waals surface area contributed by atoms with Crippen molar-refractivity contribution in [2.24, 2.45) is 0 Å². The summed E-state index contributed by atoms with van der Waals surface area (Å²) >= 11 is 0. The number of anilines is 3. The molecule has 3 aromatic heterocycles. The minimum atomic E-state index is -0.170. The highest BCUT2D eigenvalue weighted by Gasteiger charge is 2.19. The SMILES string of the molecule is CCc1nn(CCOC)c2c(Nc3cc(C)ccn3)nc(N[C@@H](C)CO)nc12. The third kappa shape index (κ3) is 4.37. The quantitative estimate of drug-likeness (QED) is 0.515. The van der Waals surface area contributed by atoms with Crippen molar-refractivity contribution in [2.45, 2.75) is 39.8 Å². The molecule has 150 valence electrons. The fraction of sp³-hybridized carbons (Fsp3) is 0.474. The second-order valence-corrected chi connectivity index (χ2v) is 6.68. The number of hydrogen-bond acceptors (Lipinski definition) is 8. The topological polar surface area (TPSA) is 110 Å². The molecular weight excluding hydrogens is 358 g/mol. The molecule has 28 heavy (non-hydrogen) atoms. The Morgan fingerprint density at radius 1 is 1.32 bits per heavy atom. The molecule has 0 unspecified atom stereocenters. The number of aryl methyl sites for hydroxylation is 2. The number of aromatic nitrogens is 5. The Morgan fingerprint density at radius 3 is 2.82 bits per heavy atom. The molecule has 0 aliphatic rings. The van der Waals surface area contributed by atoms with Gasteiger partial charge in [0.25, 0.3) is 0 Å². The van der Waals surface area contributed by atoms with Gasteiger partial charge in [0, 0.05) is 19.3 Å². The molecule has 3 N–H and O–H groups in total. The van der Waals surface area contributed by atoms with Gasteiger partial charge in [-0.3, -0.25) is 4.68 Å². The van der Waals surface area contributed by atoms with E-state index in [-0.39, 0.29) is 12.6 Å². The van der Waals surface area contributed by atoms with E-state index < -0.39 is 0 Å². The Balaban J connectivity index is 2.13. The van der Waals surface area contributed by atoms with Crippen molar-refractivity contribution in [1.82, 2.24) is 24.7 Å². The largest absolute Gasteiger partial charge is 0.394 e. The summed E-state index contributed by atoms with van der Waals surface area (Å²) in [5.74, 6) is 1.74. The van der Waals surface area contributed by atoms with E-state index in [0.29, 0.717) is 30.7 Å². The number of pyridine rings is 1. The lowest BCUT2D eigenvalue weighted by Gasteiger charge is -2.14. The Bertz CT molecular complexity index is 941. The molecule has 0 amide bonds. The summed E-state index contributed by atoms with van der Waals surface area (Å²) in [6, 6.07) is 3.72. The number of hydrogen-bond donors (Lipinski definition) is 3. The minimum absolute atomic E-state index is 0.0165. The molecule has 0 saturated heterocycles. The van der Waals surface area contributed by atoms with Crippen LogP contribution in [0.1, 0.15) is 25.1 Å². The molecule has 9 nitrogen and oxygen atoms in total. The predicted molar refractivity (Wildman–Crippen MR) is 109 cm³/mol. The lowest BCUT2D eigenvalue weighted by atomic mass is 10.2. The van der Waals surface area contributed by atoms with E-state index in [9.17, 15) is 5.11 Å². The predicted octanol–water partition coefficient (Wildman–Crippen LogP) is 2.27. The normalized spacial score (nSPS) is 12.3. The summed E-state index contributed by atoms with van der Waals surface area (Å²) in [6.07, 6.45) is 2.49. The molecule has 3 aromatic rings. The van der Waals surface area contributed by atoms with Gasteiger partial charge in [0.05, 0.1) is 25.5 Å².